The molecule has 126 valence electrons. The maximum absolute atomic E-state index is 14.0. The summed E-state index contributed by atoms with van der Waals surface area (Å²) in [7, 11) is -2.91. The zero-order valence-electron chi connectivity index (χ0n) is 14.3. The van der Waals surface area contributed by atoms with Crippen molar-refractivity contribution in [3.63, 3.8) is 0 Å². The lowest BCUT2D eigenvalue weighted by Gasteiger charge is -2.25. The van der Waals surface area contributed by atoms with Crippen molar-refractivity contribution in [3.8, 4) is 0 Å². The second-order valence-corrected chi connectivity index (χ2v) is 8.27. The number of hydrogen-bond donors (Lipinski definition) is 1. The smallest absolute Gasteiger partial charge is 0.205 e. The van der Waals surface area contributed by atoms with Crippen LogP contribution in [-0.2, 0) is 4.57 Å². The predicted octanol–water partition coefficient (Wildman–Crippen LogP) is 4.81. The third kappa shape index (κ3) is 4.80. The number of rotatable bonds is 9. The van der Waals surface area contributed by atoms with E-state index in [-0.39, 0.29) is 6.04 Å². The van der Waals surface area contributed by atoms with Crippen molar-refractivity contribution >= 4 is 17.9 Å². The second kappa shape index (κ2) is 9.42. The molecule has 0 aromatic heterocycles. The number of allylic oxidation sites excluding steroid dienone is 1. The molecule has 2 aromatic carbocycles. The van der Waals surface area contributed by atoms with Gasteiger partial charge in [0.25, 0.3) is 0 Å². The molecule has 0 heterocycles. The fraction of sp³-hybridized carbons (Fsp3) is 0.238. The minimum absolute atomic E-state index is 0.000274. The molecule has 0 aliphatic carbocycles. The van der Waals surface area contributed by atoms with E-state index in [1.54, 1.807) is 0 Å². The second-order valence-electron chi connectivity index (χ2n) is 5.76. The van der Waals surface area contributed by atoms with Gasteiger partial charge < -0.3 is 0 Å². The van der Waals surface area contributed by atoms with Crippen molar-refractivity contribution in [2.75, 3.05) is 0 Å². The molecule has 0 amide bonds. The fourth-order valence-corrected chi connectivity index (χ4v) is 5.03. The molecule has 0 fully saturated rings. The van der Waals surface area contributed by atoms with Crippen molar-refractivity contribution < 1.29 is 4.57 Å². The Labute approximate surface area is 145 Å². The van der Waals surface area contributed by atoms with Crippen molar-refractivity contribution in [2.24, 2.45) is 0 Å². The highest BCUT2D eigenvalue weighted by Crippen LogP contribution is 2.39. The topological polar surface area (TPSA) is 29.1 Å². The quantitative estimate of drug-likeness (QED) is 0.525. The van der Waals surface area contributed by atoms with Gasteiger partial charge in [-0.3, -0.25) is 9.65 Å². The zero-order chi connectivity index (χ0) is 17.3. The molecular weight excluding hydrogens is 313 g/mol. The van der Waals surface area contributed by atoms with Crippen LogP contribution < -0.4 is 15.7 Å². The Balaban J connectivity index is 2.39. The maximum Gasteiger partial charge on any atom is 0.205 e. The van der Waals surface area contributed by atoms with Crippen molar-refractivity contribution in [2.45, 2.75) is 32.2 Å². The van der Waals surface area contributed by atoms with Gasteiger partial charge in [0.2, 0.25) is 7.29 Å². The van der Waals surface area contributed by atoms with Gasteiger partial charge in [-0.1, -0.05) is 68.0 Å². The Kier molecular flexibility index (Phi) is 7.24. The van der Waals surface area contributed by atoms with Crippen LogP contribution in [0, 0.1) is 0 Å². The molecule has 0 saturated heterocycles. The van der Waals surface area contributed by atoms with Gasteiger partial charge in [-0.25, -0.2) is 0 Å². The van der Waals surface area contributed by atoms with Crippen LogP contribution in [0.2, 0.25) is 0 Å². The average molecular weight is 339 g/mol. The predicted molar refractivity (Wildman–Crippen MR) is 106 cm³/mol. The zero-order valence-corrected chi connectivity index (χ0v) is 15.2. The maximum atomic E-state index is 14.0. The van der Waals surface area contributed by atoms with Crippen LogP contribution in [0.15, 0.2) is 85.5 Å². The van der Waals surface area contributed by atoms with E-state index < -0.39 is 7.29 Å². The van der Waals surface area contributed by atoms with Gasteiger partial charge >= 0.3 is 0 Å². The van der Waals surface area contributed by atoms with Crippen molar-refractivity contribution in [1.82, 2.24) is 5.09 Å². The normalized spacial score (nSPS) is 13.0. The van der Waals surface area contributed by atoms with Gasteiger partial charge in [-0.05, 0) is 37.1 Å². The Morgan fingerprint density at radius 1 is 1.04 bits per heavy atom. The highest BCUT2D eigenvalue weighted by atomic mass is 31.2. The Morgan fingerprint density at radius 2 is 1.58 bits per heavy atom. The third-order valence-electron chi connectivity index (χ3n) is 3.83. The standard InChI is InChI=1S/C21H26NOP/c1-3-5-8-14-19(13-4-2)22-24(23,20-15-9-6-10-16-20)21-17-11-7-12-18-21/h4,6-12,14-19H,2-3,5,13H2,1H3,(H,22,23)/b14-8+/t19-/m1/s1. The first-order valence-corrected chi connectivity index (χ1v) is 10.2. The van der Waals surface area contributed by atoms with Crippen LogP contribution in [0.25, 0.3) is 0 Å². The van der Waals surface area contributed by atoms with Crippen LogP contribution in [0.4, 0.5) is 0 Å². The molecule has 0 bridgehead atoms. The summed E-state index contributed by atoms with van der Waals surface area (Å²) in [6, 6.07) is 19.4. The lowest BCUT2D eigenvalue weighted by atomic mass is 10.2. The molecule has 2 nitrogen and oxygen atoms in total. The first-order valence-electron chi connectivity index (χ1n) is 8.47. The van der Waals surface area contributed by atoms with Crippen LogP contribution in [0.1, 0.15) is 26.2 Å². The lowest BCUT2D eigenvalue weighted by molar-refractivity contribution is 0.571. The summed E-state index contributed by atoms with van der Waals surface area (Å²) < 4.78 is 14.0. The Hall–Kier alpha value is -1.89. The lowest BCUT2D eigenvalue weighted by Crippen LogP contribution is -2.33. The molecule has 0 aliphatic rings. The van der Waals surface area contributed by atoms with Gasteiger partial charge in [0.1, 0.15) is 0 Å². The first-order chi connectivity index (χ1) is 11.7. The van der Waals surface area contributed by atoms with Gasteiger partial charge in [0.05, 0.1) is 0 Å². The largest absolute Gasteiger partial charge is 0.297 e. The van der Waals surface area contributed by atoms with Crippen LogP contribution in [0.3, 0.4) is 0 Å². The van der Waals surface area contributed by atoms with Crippen molar-refractivity contribution in [3.05, 3.63) is 85.5 Å². The monoisotopic (exact) mass is 339 g/mol. The highest BCUT2D eigenvalue weighted by Gasteiger charge is 2.28. The fourth-order valence-electron chi connectivity index (χ4n) is 2.59. The van der Waals surface area contributed by atoms with E-state index in [0.717, 1.165) is 29.9 Å². The third-order valence-corrected chi connectivity index (χ3v) is 6.58. The van der Waals surface area contributed by atoms with E-state index in [2.05, 4.69) is 30.7 Å². The summed E-state index contributed by atoms with van der Waals surface area (Å²) in [6.07, 6.45) is 9.01. The van der Waals surface area contributed by atoms with E-state index in [0.29, 0.717) is 0 Å². The summed E-state index contributed by atoms with van der Waals surface area (Å²) in [5.74, 6) is 0. The minimum atomic E-state index is -2.91. The summed E-state index contributed by atoms with van der Waals surface area (Å²) >= 11 is 0. The molecule has 2 rings (SSSR count). The summed E-state index contributed by atoms with van der Waals surface area (Å²) in [5, 5.41) is 5.08. The molecule has 0 saturated carbocycles. The van der Waals surface area contributed by atoms with Gasteiger partial charge in [0.15, 0.2) is 0 Å². The van der Waals surface area contributed by atoms with E-state index in [1.807, 2.05) is 66.7 Å². The van der Waals surface area contributed by atoms with Gasteiger partial charge in [-0.15, -0.1) is 6.58 Å². The van der Waals surface area contributed by atoms with Gasteiger partial charge in [-0.2, -0.15) is 0 Å². The van der Waals surface area contributed by atoms with E-state index in [4.69, 9.17) is 0 Å². The molecule has 24 heavy (non-hydrogen) atoms. The van der Waals surface area contributed by atoms with Crippen LogP contribution >= 0.6 is 7.29 Å². The molecule has 0 radical (unpaired) electrons. The SMILES string of the molecule is C=CC[C@H](/C=C/CCC)NP(=O)(c1ccccc1)c1ccccc1. The molecule has 0 aliphatic heterocycles. The van der Waals surface area contributed by atoms with Crippen molar-refractivity contribution in [1.29, 1.82) is 0 Å². The Bertz CT molecular complexity index is 651. The molecule has 0 spiro atoms. The molecule has 0 unspecified atom stereocenters. The summed E-state index contributed by atoms with van der Waals surface area (Å²) in [4.78, 5) is 0. The first kappa shape index (κ1) is 18.4. The van der Waals surface area contributed by atoms with Crippen LogP contribution in [0.5, 0.6) is 0 Å². The molecule has 2 aromatic rings. The van der Waals surface area contributed by atoms with E-state index in [9.17, 15) is 4.57 Å². The summed E-state index contributed by atoms with van der Waals surface area (Å²) in [6.45, 7) is 5.99. The molecular formula is C21H26NOP. The molecule has 3 heteroatoms. The summed E-state index contributed by atoms with van der Waals surface area (Å²) in [5.41, 5.74) is 0. The number of unbranched alkanes of at least 4 members (excludes halogenated alkanes) is 1. The Morgan fingerprint density at radius 3 is 2.04 bits per heavy atom. The van der Waals surface area contributed by atoms with Crippen LogP contribution in [-0.4, -0.2) is 6.04 Å². The number of nitrogens with one attached hydrogen (secondary N) is 1. The van der Waals surface area contributed by atoms with E-state index in [1.165, 1.54) is 0 Å². The van der Waals surface area contributed by atoms with Gasteiger partial charge in [0, 0.05) is 16.7 Å². The molecule has 1 atom stereocenters. The minimum Gasteiger partial charge on any atom is -0.297 e. The van der Waals surface area contributed by atoms with E-state index >= 15 is 0 Å². The highest BCUT2D eigenvalue weighted by molar-refractivity contribution is 7.76. The average Bonchev–Trinajstić information content (AvgIpc) is 2.63. The molecule has 1 N–H and O–H groups in total. The number of benzene rings is 2. The number of hydrogen-bond acceptors (Lipinski definition) is 1.